The predicted octanol–water partition coefficient (Wildman–Crippen LogP) is 2.01. The van der Waals surface area contributed by atoms with Gasteiger partial charge >= 0.3 is 5.97 Å². The maximum absolute atomic E-state index is 12.8. The van der Waals surface area contributed by atoms with E-state index < -0.39 is 0 Å². The number of ether oxygens (including phenoxy) is 1. The Hall–Kier alpha value is -3.09. The summed E-state index contributed by atoms with van der Waals surface area (Å²) in [4.78, 5) is 37.1. The fourth-order valence-corrected chi connectivity index (χ4v) is 2.61. The van der Waals surface area contributed by atoms with Crippen molar-refractivity contribution in [3.63, 3.8) is 0 Å². The van der Waals surface area contributed by atoms with Crippen LogP contribution in [0.25, 0.3) is 5.69 Å². The zero-order valence-electron chi connectivity index (χ0n) is 15.7. The fraction of sp³-hybridized carbons (Fsp3) is 0.350. The smallest absolute Gasteiger partial charge is 0.307 e. The standard InChI is InChI=1S/C20H25N3O4/c1-3-27-19(25)10-14-23(15-11-21-16(2)24)20(26)17-6-8-18(9-7-17)22-12-4-5-13-22/h4-9,12-13H,3,10-11,14-15H2,1-2H3,(H,21,24). The minimum absolute atomic E-state index is 0.112. The Morgan fingerprint density at radius 3 is 2.33 bits per heavy atom. The third-order valence-electron chi connectivity index (χ3n) is 3.95. The van der Waals surface area contributed by atoms with E-state index >= 15 is 0 Å². The molecule has 0 fully saturated rings. The molecule has 0 saturated carbocycles. The molecule has 1 aromatic carbocycles. The largest absolute Gasteiger partial charge is 0.466 e. The first-order valence-corrected chi connectivity index (χ1v) is 8.94. The van der Waals surface area contributed by atoms with E-state index in [1.807, 2.05) is 41.2 Å². The Balaban J connectivity index is 2.06. The van der Waals surface area contributed by atoms with Crippen molar-refractivity contribution >= 4 is 17.8 Å². The van der Waals surface area contributed by atoms with Gasteiger partial charge in [-0.25, -0.2) is 0 Å². The Morgan fingerprint density at radius 1 is 1.07 bits per heavy atom. The number of esters is 1. The molecule has 2 rings (SSSR count). The van der Waals surface area contributed by atoms with Crippen molar-refractivity contribution in [1.29, 1.82) is 0 Å². The van der Waals surface area contributed by atoms with Crippen LogP contribution in [-0.4, -0.2) is 53.5 Å². The third kappa shape index (κ3) is 6.29. The molecule has 0 radical (unpaired) electrons. The quantitative estimate of drug-likeness (QED) is 0.684. The van der Waals surface area contributed by atoms with Crippen LogP contribution in [0.3, 0.4) is 0 Å². The van der Waals surface area contributed by atoms with E-state index in [2.05, 4.69) is 5.32 Å². The van der Waals surface area contributed by atoms with E-state index in [1.54, 1.807) is 24.0 Å². The topological polar surface area (TPSA) is 80.6 Å². The van der Waals surface area contributed by atoms with Crippen LogP contribution in [0.15, 0.2) is 48.8 Å². The number of hydrogen-bond acceptors (Lipinski definition) is 4. The van der Waals surface area contributed by atoms with Gasteiger partial charge in [0.25, 0.3) is 5.91 Å². The van der Waals surface area contributed by atoms with Gasteiger partial charge in [-0.05, 0) is 43.3 Å². The second-order valence-corrected chi connectivity index (χ2v) is 5.97. The van der Waals surface area contributed by atoms with Crippen molar-refractivity contribution in [1.82, 2.24) is 14.8 Å². The van der Waals surface area contributed by atoms with Crippen molar-refractivity contribution in [3.05, 3.63) is 54.4 Å². The van der Waals surface area contributed by atoms with Crippen molar-refractivity contribution in [2.75, 3.05) is 26.2 Å². The molecule has 0 aliphatic rings. The molecule has 1 heterocycles. The van der Waals surface area contributed by atoms with Crippen molar-refractivity contribution in [2.24, 2.45) is 0 Å². The van der Waals surface area contributed by atoms with Crippen LogP contribution in [0.5, 0.6) is 0 Å². The maximum atomic E-state index is 12.8. The van der Waals surface area contributed by atoms with Crippen LogP contribution in [0.1, 0.15) is 30.6 Å². The lowest BCUT2D eigenvalue weighted by molar-refractivity contribution is -0.143. The molecule has 27 heavy (non-hydrogen) atoms. The summed E-state index contributed by atoms with van der Waals surface area (Å²) in [6.45, 7) is 4.34. The summed E-state index contributed by atoms with van der Waals surface area (Å²) in [5, 5.41) is 2.67. The molecule has 0 bridgehead atoms. The highest BCUT2D eigenvalue weighted by atomic mass is 16.5. The lowest BCUT2D eigenvalue weighted by Gasteiger charge is -2.22. The summed E-state index contributed by atoms with van der Waals surface area (Å²) >= 11 is 0. The number of benzene rings is 1. The van der Waals surface area contributed by atoms with Crippen LogP contribution in [0.4, 0.5) is 0 Å². The van der Waals surface area contributed by atoms with Gasteiger partial charge in [-0.1, -0.05) is 0 Å². The van der Waals surface area contributed by atoms with E-state index in [-0.39, 0.29) is 30.7 Å². The molecule has 0 saturated heterocycles. The number of hydrogen-bond donors (Lipinski definition) is 1. The number of nitrogens with zero attached hydrogens (tertiary/aromatic N) is 2. The van der Waals surface area contributed by atoms with Crippen LogP contribution in [-0.2, 0) is 14.3 Å². The Kier molecular flexibility index (Phi) is 7.61. The van der Waals surface area contributed by atoms with E-state index in [4.69, 9.17) is 4.74 Å². The van der Waals surface area contributed by atoms with Crippen LogP contribution in [0.2, 0.25) is 0 Å². The molecule has 0 spiro atoms. The maximum Gasteiger partial charge on any atom is 0.307 e. The van der Waals surface area contributed by atoms with E-state index in [0.29, 0.717) is 25.3 Å². The summed E-state index contributed by atoms with van der Waals surface area (Å²) in [6, 6.07) is 11.1. The van der Waals surface area contributed by atoms with Gasteiger partial charge in [-0.15, -0.1) is 0 Å². The molecule has 7 nitrogen and oxygen atoms in total. The first kappa shape index (κ1) is 20.2. The molecule has 1 aromatic heterocycles. The van der Waals surface area contributed by atoms with E-state index in [9.17, 15) is 14.4 Å². The first-order valence-electron chi connectivity index (χ1n) is 8.94. The first-order chi connectivity index (χ1) is 13.0. The molecule has 0 aliphatic carbocycles. The number of carbonyl (C=O) groups is 3. The van der Waals surface area contributed by atoms with E-state index in [1.165, 1.54) is 6.92 Å². The molecule has 144 valence electrons. The summed E-state index contributed by atoms with van der Waals surface area (Å²) in [5.41, 5.74) is 1.48. The molecule has 1 N–H and O–H groups in total. The number of amides is 2. The Morgan fingerprint density at radius 2 is 1.74 bits per heavy atom. The number of aromatic nitrogens is 1. The van der Waals surface area contributed by atoms with Crippen LogP contribution in [0, 0.1) is 0 Å². The number of rotatable bonds is 9. The van der Waals surface area contributed by atoms with Crippen LogP contribution >= 0.6 is 0 Å². The highest BCUT2D eigenvalue weighted by Crippen LogP contribution is 2.12. The van der Waals surface area contributed by atoms with E-state index in [0.717, 1.165) is 5.69 Å². The van der Waals surface area contributed by atoms with Gasteiger partial charge in [0.2, 0.25) is 5.91 Å². The number of nitrogens with one attached hydrogen (secondary N) is 1. The third-order valence-corrected chi connectivity index (χ3v) is 3.95. The van der Waals surface area contributed by atoms with Crippen LogP contribution < -0.4 is 5.32 Å². The lowest BCUT2D eigenvalue weighted by Crippen LogP contribution is -2.39. The summed E-state index contributed by atoms with van der Waals surface area (Å²) in [5.74, 6) is -0.703. The zero-order valence-corrected chi connectivity index (χ0v) is 15.7. The second kappa shape index (κ2) is 10.2. The molecular formula is C20H25N3O4. The zero-order chi connectivity index (χ0) is 19.6. The molecule has 0 unspecified atom stereocenters. The Bertz CT molecular complexity index is 754. The minimum Gasteiger partial charge on any atom is -0.466 e. The molecule has 0 aliphatic heterocycles. The van der Waals surface area contributed by atoms with Gasteiger partial charge in [0.15, 0.2) is 0 Å². The van der Waals surface area contributed by atoms with Gasteiger partial charge in [0, 0.05) is 50.2 Å². The average molecular weight is 371 g/mol. The second-order valence-electron chi connectivity index (χ2n) is 5.97. The lowest BCUT2D eigenvalue weighted by atomic mass is 10.1. The molecule has 7 heteroatoms. The van der Waals surface area contributed by atoms with Gasteiger partial charge < -0.3 is 19.5 Å². The minimum atomic E-state index is -0.349. The molecule has 2 aromatic rings. The van der Waals surface area contributed by atoms with Gasteiger partial charge in [-0.3, -0.25) is 14.4 Å². The highest BCUT2D eigenvalue weighted by molar-refractivity contribution is 5.94. The summed E-state index contributed by atoms with van der Waals surface area (Å²) in [7, 11) is 0. The van der Waals surface area contributed by atoms with Crippen molar-refractivity contribution < 1.29 is 19.1 Å². The van der Waals surface area contributed by atoms with Crippen molar-refractivity contribution in [3.8, 4) is 5.69 Å². The molecular weight excluding hydrogens is 346 g/mol. The Labute approximate surface area is 158 Å². The highest BCUT2D eigenvalue weighted by Gasteiger charge is 2.17. The fourth-order valence-electron chi connectivity index (χ4n) is 2.61. The summed E-state index contributed by atoms with van der Waals surface area (Å²) in [6.07, 6.45) is 3.97. The molecule has 2 amide bonds. The van der Waals surface area contributed by atoms with Gasteiger partial charge in [0.05, 0.1) is 13.0 Å². The number of carbonyl (C=O) groups excluding carboxylic acids is 3. The average Bonchev–Trinajstić information content (AvgIpc) is 3.19. The van der Waals surface area contributed by atoms with Gasteiger partial charge in [-0.2, -0.15) is 0 Å². The predicted molar refractivity (Wildman–Crippen MR) is 102 cm³/mol. The molecule has 0 atom stereocenters. The normalized spacial score (nSPS) is 10.3. The monoisotopic (exact) mass is 371 g/mol. The van der Waals surface area contributed by atoms with Gasteiger partial charge in [0.1, 0.15) is 0 Å². The SMILES string of the molecule is CCOC(=O)CCN(CCNC(C)=O)C(=O)c1ccc(-n2cccc2)cc1. The van der Waals surface area contributed by atoms with Crippen molar-refractivity contribution in [2.45, 2.75) is 20.3 Å². The summed E-state index contributed by atoms with van der Waals surface area (Å²) < 4.78 is 6.88.